The molecule has 0 aromatic carbocycles. The summed E-state index contributed by atoms with van der Waals surface area (Å²) in [5.41, 5.74) is 1.15. The molecular formula is C28H55NO. The predicted octanol–water partition coefficient (Wildman–Crippen LogP) is 9.23. The van der Waals surface area contributed by atoms with E-state index >= 15 is 0 Å². The second-order valence-corrected chi connectivity index (χ2v) is 9.30. The van der Waals surface area contributed by atoms with Crippen molar-refractivity contribution in [3.8, 4) is 0 Å². The molecule has 0 saturated heterocycles. The molecule has 0 aliphatic carbocycles. The summed E-state index contributed by atoms with van der Waals surface area (Å²) in [6.07, 6.45) is 30.3. The molecule has 0 aliphatic heterocycles. The number of carbonyl (C=O) groups excluding carboxylic acids is 1. The average Bonchev–Trinajstić information content (AvgIpc) is 2.75. The topological polar surface area (TPSA) is 20.3 Å². The molecule has 0 atom stereocenters. The summed E-state index contributed by atoms with van der Waals surface area (Å²) in [5, 5.41) is 0. The van der Waals surface area contributed by atoms with Gasteiger partial charge in [0.25, 0.3) is 0 Å². The van der Waals surface area contributed by atoms with E-state index in [0.29, 0.717) is 0 Å². The Morgan fingerprint density at radius 3 is 1.13 bits per heavy atom. The highest BCUT2D eigenvalue weighted by atomic mass is 16.1. The van der Waals surface area contributed by atoms with E-state index in [1.165, 1.54) is 128 Å². The molecule has 0 amide bonds. The van der Waals surface area contributed by atoms with Crippen LogP contribution in [0.1, 0.15) is 149 Å². The number of carbonyl (C=O) groups is 1. The standard InChI is InChI=1S/C28H55NO/c1-4-6-8-10-12-14-16-18-20-22-25-29(28(3)24-27-30)26-23-21-19-17-15-13-11-9-7-5-2/h24,27H,4-23,25-26H2,1-3H3. The Hall–Kier alpha value is -0.790. The molecule has 0 fully saturated rings. The van der Waals surface area contributed by atoms with Crippen LogP contribution in [0.5, 0.6) is 0 Å². The molecule has 0 bridgehead atoms. The van der Waals surface area contributed by atoms with Crippen molar-refractivity contribution in [1.29, 1.82) is 0 Å². The molecule has 2 heteroatoms. The van der Waals surface area contributed by atoms with Crippen LogP contribution in [0.15, 0.2) is 11.8 Å². The Kier molecular flexibility index (Phi) is 23.8. The van der Waals surface area contributed by atoms with Crippen LogP contribution in [-0.4, -0.2) is 24.3 Å². The van der Waals surface area contributed by atoms with Gasteiger partial charge in [-0.3, -0.25) is 4.79 Å². The van der Waals surface area contributed by atoms with E-state index in [0.717, 1.165) is 25.1 Å². The van der Waals surface area contributed by atoms with Crippen molar-refractivity contribution in [3.63, 3.8) is 0 Å². The number of hydrogen-bond acceptors (Lipinski definition) is 2. The monoisotopic (exact) mass is 421 g/mol. The molecule has 0 heterocycles. The first kappa shape index (κ1) is 29.2. The highest BCUT2D eigenvalue weighted by Crippen LogP contribution is 2.14. The first-order valence-electron chi connectivity index (χ1n) is 13.6. The zero-order valence-corrected chi connectivity index (χ0v) is 21.1. The van der Waals surface area contributed by atoms with Gasteiger partial charge in [-0.25, -0.2) is 0 Å². The van der Waals surface area contributed by atoms with Gasteiger partial charge in [-0.2, -0.15) is 0 Å². The average molecular weight is 422 g/mol. The highest BCUT2D eigenvalue weighted by Gasteiger charge is 2.05. The zero-order chi connectivity index (χ0) is 22.1. The van der Waals surface area contributed by atoms with Crippen LogP contribution in [0.25, 0.3) is 0 Å². The summed E-state index contributed by atoms with van der Waals surface area (Å²) >= 11 is 0. The lowest BCUT2D eigenvalue weighted by molar-refractivity contribution is -0.104. The van der Waals surface area contributed by atoms with Gasteiger partial charge in [0.15, 0.2) is 0 Å². The van der Waals surface area contributed by atoms with E-state index < -0.39 is 0 Å². The molecule has 178 valence electrons. The molecule has 0 rings (SSSR count). The van der Waals surface area contributed by atoms with Gasteiger partial charge in [0, 0.05) is 18.8 Å². The molecule has 0 aromatic heterocycles. The zero-order valence-electron chi connectivity index (χ0n) is 21.1. The van der Waals surface area contributed by atoms with Crippen molar-refractivity contribution in [2.45, 2.75) is 149 Å². The summed E-state index contributed by atoms with van der Waals surface area (Å²) < 4.78 is 0. The van der Waals surface area contributed by atoms with Gasteiger partial charge in [-0.15, -0.1) is 0 Å². The highest BCUT2D eigenvalue weighted by molar-refractivity contribution is 5.65. The number of hydrogen-bond donors (Lipinski definition) is 0. The first-order chi connectivity index (χ1) is 14.8. The maximum atomic E-state index is 10.9. The third-order valence-corrected chi connectivity index (χ3v) is 6.37. The third kappa shape index (κ3) is 20.5. The van der Waals surface area contributed by atoms with E-state index in [2.05, 4.69) is 25.7 Å². The Bertz CT molecular complexity index is 353. The van der Waals surface area contributed by atoms with Crippen molar-refractivity contribution < 1.29 is 4.79 Å². The third-order valence-electron chi connectivity index (χ3n) is 6.37. The maximum absolute atomic E-state index is 10.9. The fourth-order valence-corrected chi connectivity index (χ4v) is 4.25. The molecule has 0 aromatic rings. The smallest absolute Gasteiger partial charge is 0.144 e. The molecule has 0 N–H and O–H groups in total. The first-order valence-corrected chi connectivity index (χ1v) is 13.6. The maximum Gasteiger partial charge on any atom is 0.144 e. The minimum absolute atomic E-state index is 0.944. The van der Waals surface area contributed by atoms with Crippen LogP contribution in [-0.2, 0) is 4.79 Å². The van der Waals surface area contributed by atoms with Crippen molar-refractivity contribution in [2.75, 3.05) is 13.1 Å². The van der Waals surface area contributed by atoms with Crippen LogP contribution in [0.3, 0.4) is 0 Å². The van der Waals surface area contributed by atoms with E-state index in [1.54, 1.807) is 6.08 Å². The Morgan fingerprint density at radius 2 is 0.833 bits per heavy atom. The summed E-state index contributed by atoms with van der Waals surface area (Å²) in [6.45, 7) is 8.90. The van der Waals surface area contributed by atoms with Gasteiger partial charge in [0.05, 0.1) is 0 Å². The molecule has 2 nitrogen and oxygen atoms in total. The Labute approximate surface area is 190 Å². The van der Waals surface area contributed by atoms with E-state index in [1.807, 2.05) is 0 Å². The normalized spacial score (nSPS) is 11.8. The fourth-order valence-electron chi connectivity index (χ4n) is 4.25. The molecule has 0 saturated carbocycles. The van der Waals surface area contributed by atoms with Gasteiger partial charge in [-0.1, -0.05) is 129 Å². The summed E-state index contributed by atoms with van der Waals surface area (Å²) in [7, 11) is 0. The van der Waals surface area contributed by atoms with Gasteiger partial charge in [0.2, 0.25) is 0 Å². The van der Waals surface area contributed by atoms with Gasteiger partial charge in [0.1, 0.15) is 6.29 Å². The number of allylic oxidation sites excluding steroid dienone is 2. The quantitative estimate of drug-likeness (QED) is 0.0879. The van der Waals surface area contributed by atoms with Crippen LogP contribution >= 0.6 is 0 Å². The lowest BCUT2D eigenvalue weighted by Crippen LogP contribution is -2.24. The van der Waals surface area contributed by atoms with Crippen LogP contribution < -0.4 is 0 Å². The van der Waals surface area contributed by atoms with Crippen molar-refractivity contribution in [1.82, 2.24) is 4.90 Å². The summed E-state index contributed by atoms with van der Waals surface area (Å²) in [5.74, 6) is 0. The van der Waals surface area contributed by atoms with Crippen LogP contribution in [0.2, 0.25) is 0 Å². The van der Waals surface area contributed by atoms with E-state index in [-0.39, 0.29) is 0 Å². The number of unbranched alkanes of at least 4 members (excludes halogenated alkanes) is 18. The lowest BCUT2D eigenvalue weighted by atomic mass is 10.1. The predicted molar refractivity (Wildman–Crippen MR) is 135 cm³/mol. The van der Waals surface area contributed by atoms with Crippen molar-refractivity contribution in [2.24, 2.45) is 0 Å². The fraction of sp³-hybridized carbons (Fsp3) is 0.893. The molecular weight excluding hydrogens is 366 g/mol. The molecule has 0 unspecified atom stereocenters. The van der Waals surface area contributed by atoms with Crippen LogP contribution in [0.4, 0.5) is 0 Å². The second kappa shape index (κ2) is 24.5. The Balaban J connectivity index is 3.75. The largest absolute Gasteiger partial charge is 0.375 e. The number of aldehydes is 1. The van der Waals surface area contributed by atoms with E-state index in [4.69, 9.17) is 0 Å². The van der Waals surface area contributed by atoms with E-state index in [9.17, 15) is 4.79 Å². The molecule has 0 radical (unpaired) electrons. The number of rotatable bonds is 24. The van der Waals surface area contributed by atoms with Gasteiger partial charge < -0.3 is 4.90 Å². The van der Waals surface area contributed by atoms with Gasteiger partial charge >= 0.3 is 0 Å². The Morgan fingerprint density at radius 1 is 0.533 bits per heavy atom. The van der Waals surface area contributed by atoms with Crippen LogP contribution in [0, 0.1) is 0 Å². The minimum Gasteiger partial charge on any atom is -0.375 e. The molecule has 0 aliphatic rings. The SMILES string of the molecule is CCCCCCCCCCCCN(CCCCCCCCCCCC)C(C)=CC=O. The van der Waals surface area contributed by atoms with Crippen molar-refractivity contribution in [3.05, 3.63) is 11.8 Å². The van der Waals surface area contributed by atoms with Gasteiger partial charge in [-0.05, 0) is 25.8 Å². The summed E-state index contributed by atoms with van der Waals surface area (Å²) in [4.78, 5) is 13.3. The number of nitrogens with zero attached hydrogens (tertiary/aromatic N) is 1. The minimum atomic E-state index is 0.944. The molecule has 30 heavy (non-hydrogen) atoms. The molecule has 0 spiro atoms. The summed E-state index contributed by atoms with van der Waals surface area (Å²) in [6, 6.07) is 0. The lowest BCUT2D eigenvalue weighted by Gasteiger charge is -2.25. The second-order valence-electron chi connectivity index (χ2n) is 9.30. The van der Waals surface area contributed by atoms with Crippen molar-refractivity contribution >= 4 is 6.29 Å².